The maximum Gasteiger partial charge on any atom is 0.243 e. The Kier molecular flexibility index (Phi) is 6.70. The number of ether oxygens (including phenoxy) is 2. The fourth-order valence-electron chi connectivity index (χ4n) is 2.47. The van der Waals surface area contributed by atoms with Crippen molar-refractivity contribution in [2.24, 2.45) is 0 Å². The van der Waals surface area contributed by atoms with Crippen LogP contribution in [0.2, 0.25) is 0 Å². The molecule has 138 valence electrons. The fraction of sp³-hybridized carbons (Fsp3) is 0.136. The van der Waals surface area contributed by atoms with E-state index in [1.807, 2.05) is 84.9 Å². The molecule has 0 aliphatic carbocycles. The molecule has 3 aromatic carbocycles. The number of amides is 1. The summed E-state index contributed by atoms with van der Waals surface area (Å²) in [5.41, 5.74) is 1.53. The molecule has 0 saturated heterocycles. The second-order valence-electron chi connectivity index (χ2n) is 5.77. The van der Waals surface area contributed by atoms with Gasteiger partial charge in [0.05, 0.1) is 12.2 Å². The monoisotopic (exact) mass is 362 g/mol. The van der Waals surface area contributed by atoms with Crippen LogP contribution in [0.1, 0.15) is 0 Å². The fourth-order valence-corrected chi connectivity index (χ4v) is 2.47. The molecule has 5 nitrogen and oxygen atoms in total. The maximum absolute atomic E-state index is 12.1. The molecule has 0 bridgehead atoms. The number of anilines is 2. The SMILES string of the molecule is O=C(CNc1ccccc1OCCOc1ccccc1)Nc1ccccc1. The lowest BCUT2D eigenvalue weighted by Crippen LogP contribution is -2.22. The van der Waals surface area contributed by atoms with Crippen molar-refractivity contribution < 1.29 is 14.3 Å². The summed E-state index contributed by atoms with van der Waals surface area (Å²) in [6.45, 7) is 0.992. The summed E-state index contributed by atoms with van der Waals surface area (Å²) in [5.74, 6) is 1.37. The first-order chi connectivity index (χ1) is 13.3. The van der Waals surface area contributed by atoms with Crippen molar-refractivity contribution in [2.45, 2.75) is 0 Å². The van der Waals surface area contributed by atoms with Crippen LogP contribution in [0.4, 0.5) is 11.4 Å². The summed E-state index contributed by atoms with van der Waals surface area (Å²) in [4.78, 5) is 12.1. The average Bonchev–Trinajstić information content (AvgIpc) is 2.72. The van der Waals surface area contributed by atoms with Crippen molar-refractivity contribution in [3.05, 3.63) is 84.9 Å². The molecule has 0 saturated carbocycles. The van der Waals surface area contributed by atoms with E-state index in [1.165, 1.54) is 0 Å². The Labute approximate surface area is 158 Å². The highest BCUT2D eigenvalue weighted by molar-refractivity contribution is 5.93. The number of nitrogens with one attached hydrogen (secondary N) is 2. The number of rotatable bonds is 9. The quantitative estimate of drug-likeness (QED) is 0.560. The summed E-state index contributed by atoms with van der Waals surface area (Å²) in [6, 6.07) is 26.5. The number of hydrogen-bond acceptors (Lipinski definition) is 4. The van der Waals surface area contributed by atoms with Crippen molar-refractivity contribution >= 4 is 17.3 Å². The van der Waals surface area contributed by atoms with Gasteiger partial charge in [0.1, 0.15) is 24.7 Å². The van der Waals surface area contributed by atoms with Gasteiger partial charge in [-0.05, 0) is 36.4 Å². The minimum Gasteiger partial charge on any atom is -0.490 e. The van der Waals surface area contributed by atoms with E-state index in [1.54, 1.807) is 0 Å². The Hall–Kier alpha value is -3.47. The van der Waals surface area contributed by atoms with E-state index in [0.29, 0.717) is 19.0 Å². The number of carbonyl (C=O) groups is 1. The lowest BCUT2D eigenvalue weighted by atomic mass is 10.3. The van der Waals surface area contributed by atoms with Crippen LogP contribution in [-0.2, 0) is 4.79 Å². The highest BCUT2D eigenvalue weighted by atomic mass is 16.5. The van der Waals surface area contributed by atoms with Gasteiger partial charge in [0.2, 0.25) is 5.91 Å². The molecular formula is C22H22N2O3. The minimum absolute atomic E-state index is 0.122. The summed E-state index contributed by atoms with van der Waals surface area (Å²) >= 11 is 0. The van der Waals surface area contributed by atoms with Crippen molar-refractivity contribution in [3.63, 3.8) is 0 Å². The van der Waals surface area contributed by atoms with E-state index in [0.717, 1.165) is 17.1 Å². The zero-order chi connectivity index (χ0) is 18.7. The lowest BCUT2D eigenvalue weighted by molar-refractivity contribution is -0.114. The van der Waals surface area contributed by atoms with E-state index in [-0.39, 0.29) is 12.5 Å². The van der Waals surface area contributed by atoms with Crippen LogP contribution in [-0.4, -0.2) is 25.7 Å². The molecule has 0 aliphatic rings. The molecule has 0 unspecified atom stereocenters. The zero-order valence-corrected chi connectivity index (χ0v) is 14.9. The molecule has 0 aliphatic heterocycles. The third-order valence-electron chi connectivity index (χ3n) is 3.74. The van der Waals surface area contributed by atoms with Crippen LogP contribution in [0.15, 0.2) is 84.9 Å². The first-order valence-electron chi connectivity index (χ1n) is 8.80. The minimum atomic E-state index is -0.122. The van der Waals surface area contributed by atoms with Gasteiger partial charge < -0.3 is 20.1 Å². The van der Waals surface area contributed by atoms with Gasteiger partial charge in [-0.2, -0.15) is 0 Å². The molecule has 3 aromatic rings. The van der Waals surface area contributed by atoms with Gasteiger partial charge in [-0.25, -0.2) is 0 Å². The Morgan fingerprint density at radius 3 is 2.15 bits per heavy atom. The van der Waals surface area contributed by atoms with Crippen molar-refractivity contribution in [1.82, 2.24) is 0 Å². The standard InChI is InChI=1S/C22H22N2O3/c25-22(24-18-9-3-1-4-10-18)17-23-20-13-7-8-14-21(20)27-16-15-26-19-11-5-2-6-12-19/h1-14,23H,15-17H2,(H,24,25). The van der Waals surface area contributed by atoms with E-state index < -0.39 is 0 Å². The van der Waals surface area contributed by atoms with Gasteiger partial charge in [0.15, 0.2) is 0 Å². The van der Waals surface area contributed by atoms with Crippen LogP contribution in [0, 0.1) is 0 Å². The zero-order valence-electron chi connectivity index (χ0n) is 14.9. The van der Waals surface area contributed by atoms with Gasteiger partial charge in [0.25, 0.3) is 0 Å². The Bertz CT molecular complexity index is 838. The van der Waals surface area contributed by atoms with Crippen LogP contribution in [0.3, 0.4) is 0 Å². The molecule has 0 radical (unpaired) electrons. The number of hydrogen-bond donors (Lipinski definition) is 2. The first-order valence-corrected chi connectivity index (χ1v) is 8.80. The van der Waals surface area contributed by atoms with E-state index in [9.17, 15) is 4.79 Å². The third kappa shape index (κ3) is 6.08. The Morgan fingerprint density at radius 2 is 1.37 bits per heavy atom. The lowest BCUT2D eigenvalue weighted by Gasteiger charge is -2.13. The molecular weight excluding hydrogens is 340 g/mol. The largest absolute Gasteiger partial charge is 0.490 e. The van der Waals surface area contributed by atoms with Crippen LogP contribution in [0.25, 0.3) is 0 Å². The summed E-state index contributed by atoms with van der Waals surface area (Å²) in [6.07, 6.45) is 0. The van der Waals surface area contributed by atoms with Crippen LogP contribution < -0.4 is 20.1 Å². The molecule has 1 amide bonds. The molecule has 0 spiro atoms. The molecule has 0 fully saturated rings. The Morgan fingerprint density at radius 1 is 0.741 bits per heavy atom. The molecule has 0 atom stereocenters. The second-order valence-corrected chi connectivity index (χ2v) is 5.77. The number of para-hydroxylation sites is 4. The molecule has 2 N–H and O–H groups in total. The summed E-state index contributed by atoms with van der Waals surface area (Å²) in [7, 11) is 0. The normalized spacial score (nSPS) is 10.1. The molecule has 0 aromatic heterocycles. The molecule has 5 heteroatoms. The predicted molar refractivity (Wildman–Crippen MR) is 107 cm³/mol. The third-order valence-corrected chi connectivity index (χ3v) is 3.74. The van der Waals surface area contributed by atoms with Gasteiger partial charge in [-0.3, -0.25) is 4.79 Å². The van der Waals surface area contributed by atoms with Gasteiger partial charge in [-0.1, -0.05) is 48.5 Å². The van der Waals surface area contributed by atoms with Gasteiger partial charge in [-0.15, -0.1) is 0 Å². The van der Waals surface area contributed by atoms with Gasteiger partial charge >= 0.3 is 0 Å². The van der Waals surface area contributed by atoms with E-state index in [4.69, 9.17) is 9.47 Å². The second kappa shape index (κ2) is 9.87. The Balaban J connectivity index is 1.46. The smallest absolute Gasteiger partial charge is 0.243 e. The predicted octanol–water partition coefficient (Wildman–Crippen LogP) is 4.20. The van der Waals surface area contributed by atoms with Crippen LogP contribution in [0.5, 0.6) is 11.5 Å². The topological polar surface area (TPSA) is 59.6 Å². The average molecular weight is 362 g/mol. The molecule has 27 heavy (non-hydrogen) atoms. The van der Waals surface area contributed by atoms with Crippen molar-refractivity contribution in [1.29, 1.82) is 0 Å². The molecule has 3 rings (SSSR count). The highest BCUT2D eigenvalue weighted by Crippen LogP contribution is 2.23. The first kappa shape index (κ1) is 18.3. The van der Waals surface area contributed by atoms with E-state index >= 15 is 0 Å². The van der Waals surface area contributed by atoms with Crippen molar-refractivity contribution in [3.8, 4) is 11.5 Å². The number of benzene rings is 3. The van der Waals surface area contributed by atoms with E-state index in [2.05, 4.69) is 10.6 Å². The van der Waals surface area contributed by atoms with Crippen molar-refractivity contribution in [2.75, 3.05) is 30.4 Å². The summed E-state index contributed by atoms with van der Waals surface area (Å²) in [5, 5.41) is 5.95. The summed E-state index contributed by atoms with van der Waals surface area (Å²) < 4.78 is 11.4. The molecule has 0 heterocycles. The maximum atomic E-state index is 12.1. The highest BCUT2D eigenvalue weighted by Gasteiger charge is 2.06. The van der Waals surface area contributed by atoms with Gasteiger partial charge in [0, 0.05) is 5.69 Å². The van der Waals surface area contributed by atoms with Crippen LogP contribution >= 0.6 is 0 Å². The number of carbonyl (C=O) groups excluding carboxylic acids is 1.